The highest BCUT2D eigenvalue weighted by Crippen LogP contribution is 2.52. The summed E-state index contributed by atoms with van der Waals surface area (Å²) in [5, 5.41) is 0. The fourth-order valence-corrected chi connectivity index (χ4v) is 3.68. The van der Waals surface area contributed by atoms with Crippen molar-refractivity contribution < 1.29 is 4.74 Å². The summed E-state index contributed by atoms with van der Waals surface area (Å²) in [7, 11) is 1.86. The SMILES string of the molecule is CCC(C)(CC)C1=CC(OC)C(C)(C(C)(CC)CC)C=C1. The lowest BCUT2D eigenvalue weighted by molar-refractivity contribution is -0.0284. The van der Waals surface area contributed by atoms with Gasteiger partial charge in [0, 0.05) is 12.5 Å². The Bertz CT molecular complexity index is 396. The van der Waals surface area contributed by atoms with Crippen molar-refractivity contribution in [2.75, 3.05) is 7.11 Å². The molecule has 0 N–H and O–H groups in total. The predicted molar refractivity (Wildman–Crippen MR) is 93.5 cm³/mol. The molecule has 0 aromatic heterocycles. The lowest BCUT2D eigenvalue weighted by Gasteiger charge is -2.50. The zero-order valence-electron chi connectivity index (χ0n) is 15.5. The molecule has 0 aromatic rings. The van der Waals surface area contributed by atoms with Crippen LogP contribution in [0.2, 0.25) is 0 Å². The van der Waals surface area contributed by atoms with Gasteiger partial charge < -0.3 is 4.74 Å². The van der Waals surface area contributed by atoms with Crippen LogP contribution in [0.1, 0.15) is 74.1 Å². The fraction of sp³-hybridized carbons (Fsp3) is 0.800. The summed E-state index contributed by atoms with van der Waals surface area (Å²) in [5.74, 6) is 0. The molecule has 1 nitrogen and oxygen atoms in total. The van der Waals surface area contributed by atoms with Gasteiger partial charge in [0.15, 0.2) is 0 Å². The molecule has 0 aromatic carbocycles. The Kier molecular flexibility index (Phi) is 5.89. The van der Waals surface area contributed by atoms with E-state index in [0.29, 0.717) is 0 Å². The van der Waals surface area contributed by atoms with Crippen LogP contribution in [0.25, 0.3) is 0 Å². The van der Waals surface area contributed by atoms with E-state index < -0.39 is 0 Å². The van der Waals surface area contributed by atoms with E-state index in [2.05, 4.69) is 66.7 Å². The molecule has 0 saturated heterocycles. The highest BCUT2D eigenvalue weighted by atomic mass is 16.5. The molecule has 122 valence electrons. The van der Waals surface area contributed by atoms with Crippen LogP contribution in [0.5, 0.6) is 0 Å². The quantitative estimate of drug-likeness (QED) is 0.546. The number of hydrogen-bond donors (Lipinski definition) is 0. The average Bonchev–Trinajstić information content (AvgIpc) is 2.53. The maximum atomic E-state index is 5.94. The number of allylic oxidation sites excluding steroid dienone is 2. The molecule has 0 fully saturated rings. The van der Waals surface area contributed by atoms with Gasteiger partial charge in [0.25, 0.3) is 0 Å². The summed E-state index contributed by atoms with van der Waals surface area (Å²) < 4.78 is 5.94. The maximum absolute atomic E-state index is 5.94. The Labute approximate surface area is 132 Å². The van der Waals surface area contributed by atoms with E-state index in [-0.39, 0.29) is 22.3 Å². The van der Waals surface area contributed by atoms with Gasteiger partial charge in [-0.05, 0) is 42.1 Å². The molecule has 0 heterocycles. The first-order valence-corrected chi connectivity index (χ1v) is 8.71. The molecule has 0 radical (unpaired) electrons. The van der Waals surface area contributed by atoms with Gasteiger partial charge in [-0.25, -0.2) is 0 Å². The monoisotopic (exact) mass is 292 g/mol. The van der Waals surface area contributed by atoms with Crippen LogP contribution in [-0.4, -0.2) is 13.2 Å². The highest BCUT2D eigenvalue weighted by Gasteiger charge is 2.47. The normalized spacial score (nSPS) is 26.9. The lowest BCUT2D eigenvalue weighted by atomic mass is 9.57. The van der Waals surface area contributed by atoms with Gasteiger partial charge in [0.1, 0.15) is 0 Å². The van der Waals surface area contributed by atoms with Gasteiger partial charge in [-0.15, -0.1) is 0 Å². The van der Waals surface area contributed by atoms with E-state index in [9.17, 15) is 0 Å². The van der Waals surface area contributed by atoms with Crippen LogP contribution in [0.15, 0.2) is 23.8 Å². The third-order valence-electron chi connectivity index (χ3n) is 6.90. The van der Waals surface area contributed by atoms with Gasteiger partial charge in [-0.3, -0.25) is 0 Å². The van der Waals surface area contributed by atoms with Crippen molar-refractivity contribution in [3.05, 3.63) is 23.8 Å². The van der Waals surface area contributed by atoms with E-state index in [1.807, 2.05) is 7.11 Å². The smallest absolute Gasteiger partial charge is 0.0851 e. The van der Waals surface area contributed by atoms with E-state index in [1.54, 1.807) is 0 Å². The van der Waals surface area contributed by atoms with Crippen LogP contribution in [0, 0.1) is 16.2 Å². The van der Waals surface area contributed by atoms with Crippen LogP contribution in [0.4, 0.5) is 0 Å². The molecular formula is C20H36O. The number of rotatable bonds is 7. The number of hydrogen-bond acceptors (Lipinski definition) is 1. The van der Waals surface area contributed by atoms with Crippen LogP contribution < -0.4 is 0 Å². The van der Waals surface area contributed by atoms with Crippen molar-refractivity contribution >= 4 is 0 Å². The molecule has 1 aliphatic rings. The second-order valence-electron chi connectivity index (χ2n) is 7.43. The summed E-state index contributed by atoms with van der Waals surface area (Å²) in [4.78, 5) is 0. The highest BCUT2D eigenvalue weighted by molar-refractivity contribution is 5.35. The van der Waals surface area contributed by atoms with Crippen LogP contribution >= 0.6 is 0 Å². The maximum Gasteiger partial charge on any atom is 0.0851 e. The second-order valence-corrected chi connectivity index (χ2v) is 7.43. The minimum absolute atomic E-state index is 0.0666. The largest absolute Gasteiger partial charge is 0.376 e. The Balaban J connectivity index is 3.25. The summed E-state index contributed by atoms with van der Waals surface area (Å²) in [6.45, 7) is 16.3. The van der Waals surface area contributed by atoms with Crippen molar-refractivity contribution in [3.63, 3.8) is 0 Å². The molecule has 0 saturated carbocycles. The summed E-state index contributed by atoms with van der Waals surface area (Å²) >= 11 is 0. The molecule has 1 rings (SSSR count). The minimum atomic E-state index is 0.0666. The van der Waals surface area contributed by atoms with Gasteiger partial charge in [0.2, 0.25) is 0 Å². The Morgan fingerprint density at radius 3 is 1.95 bits per heavy atom. The van der Waals surface area contributed by atoms with Gasteiger partial charge in [0.05, 0.1) is 6.10 Å². The van der Waals surface area contributed by atoms with Crippen molar-refractivity contribution in [2.24, 2.45) is 16.2 Å². The Hall–Kier alpha value is -0.560. The van der Waals surface area contributed by atoms with Gasteiger partial charge in [-0.2, -0.15) is 0 Å². The van der Waals surface area contributed by atoms with E-state index in [4.69, 9.17) is 4.74 Å². The lowest BCUT2D eigenvalue weighted by Crippen LogP contribution is -2.46. The molecule has 0 amide bonds. The molecule has 0 spiro atoms. The van der Waals surface area contributed by atoms with Crippen LogP contribution in [-0.2, 0) is 4.74 Å². The van der Waals surface area contributed by atoms with Gasteiger partial charge in [-0.1, -0.05) is 66.7 Å². The molecule has 2 atom stereocenters. The third kappa shape index (κ3) is 2.99. The molecule has 21 heavy (non-hydrogen) atoms. The zero-order valence-corrected chi connectivity index (χ0v) is 15.5. The van der Waals surface area contributed by atoms with Crippen molar-refractivity contribution in [2.45, 2.75) is 80.3 Å². The first-order chi connectivity index (χ1) is 9.76. The minimum Gasteiger partial charge on any atom is -0.376 e. The van der Waals surface area contributed by atoms with Gasteiger partial charge >= 0.3 is 0 Å². The van der Waals surface area contributed by atoms with Crippen LogP contribution in [0.3, 0.4) is 0 Å². The summed E-state index contributed by atoms with van der Waals surface area (Å²) in [5.41, 5.74) is 2.05. The molecule has 2 unspecified atom stereocenters. The molecule has 0 aliphatic heterocycles. The topological polar surface area (TPSA) is 9.23 Å². The zero-order chi connectivity index (χ0) is 16.3. The van der Waals surface area contributed by atoms with Crippen molar-refractivity contribution in [3.8, 4) is 0 Å². The van der Waals surface area contributed by atoms with Crippen molar-refractivity contribution in [1.29, 1.82) is 0 Å². The second kappa shape index (κ2) is 6.69. The van der Waals surface area contributed by atoms with E-state index >= 15 is 0 Å². The first-order valence-electron chi connectivity index (χ1n) is 8.71. The van der Waals surface area contributed by atoms with E-state index in [1.165, 1.54) is 31.3 Å². The van der Waals surface area contributed by atoms with E-state index in [0.717, 1.165) is 0 Å². The third-order valence-corrected chi connectivity index (χ3v) is 6.90. The standard InChI is InChI=1S/C20H36O/c1-9-18(5,10-2)16-13-14-20(7,17(15-16)21-8)19(6,11-3)12-4/h13-15,17H,9-12H2,1-8H3. The predicted octanol–water partition coefficient (Wildman–Crippen LogP) is 6.16. The fourth-order valence-electron chi connectivity index (χ4n) is 3.68. The number of ether oxygens (including phenoxy) is 1. The molecular weight excluding hydrogens is 256 g/mol. The Morgan fingerprint density at radius 2 is 1.57 bits per heavy atom. The summed E-state index contributed by atoms with van der Waals surface area (Å²) in [6, 6.07) is 0. The number of methoxy groups -OCH3 is 1. The first kappa shape index (κ1) is 18.5. The summed E-state index contributed by atoms with van der Waals surface area (Å²) in [6.07, 6.45) is 12.1. The average molecular weight is 293 g/mol. The molecule has 1 aliphatic carbocycles. The van der Waals surface area contributed by atoms with Crippen molar-refractivity contribution in [1.82, 2.24) is 0 Å². The Morgan fingerprint density at radius 1 is 1.05 bits per heavy atom. The molecule has 0 bridgehead atoms. The molecule has 1 heteroatoms.